The second-order valence-electron chi connectivity index (χ2n) is 26.6. The number of aliphatic hydroxyl groups excluding tert-OH is 14. The molecule has 0 aromatic rings. The Kier molecular flexibility index (Phi) is 16.0. The molecule has 14 N–H and O–H groups in total. The fourth-order valence-corrected chi connectivity index (χ4v) is 17.2. The summed E-state index contributed by atoms with van der Waals surface area (Å²) in [7, 11) is 0. The molecule has 5 aliphatic carbocycles. The van der Waals surface area contributed by atoms with E-state index in [1.54, 1.807) is 0 Å². The van der Waals surface area contributed by atoms with E-state index in [4.69, 9.17) is 42.6 Å². The molecule has 23 heteroatoms. The van der Waals surface area contributed by atoms with Gasteiger partial charge in [-0.15, -0.1) is 0 Å². The Labute approximate surface area is 448 Å². The summed E-state index contributed by atoms with van der Waals surface area (Å²) in [6.07, 6.45) is -25.1. The Morgan fingerprint density at radius 3 is 1.71 bits per heavy atom. The minimum atomic E-state index is -2.05. The van der Waals surface area contributed by atoms with Crippen LogP contribution in [0.1, 0.15) is 99.8 Å². The highest BCUT2D eigenvalue weighted by Gasteiger charge is 2.79. The highest BCUT2D eigenvalue weighted by Crippen LogP contribution is 2.79. The van der Waals surface area contributed by atoms with Crippen LogP contribution in [0.25, 0.3) is 0 Å². The fourth-order valence-electron chi connectivity index (χ4n) is 17.2. The van der Waals surface area contributed by atoms with E-state index in [2.05, 4.69) is 46.8 Å². The van der Waals surface area contributed by atoms with E-state index >= 15 is 0 Å². The standard InChI is InChI=1S/C54H88O23/c1-23-32(60)41(75-46-40(68)42(35(63)26(20-57)72-46)76-47-43(37(65)34(62)25(19-56)73-47)77-44-38(66)36(64)33(61)24(18-55)71-44)39(67)45(70-23)74-31-10-11-49(4)27(50(31,5)21-58)8-12-51(6)28(49)9-13-54-29-16-48(2,3)14-15-53(29,22-69-54)30(59)17-52(51,54)7/h9,13,23-47,55-68H,8,10-12,14-22H2,1-7H3. The van der Waals surface area contributed by atoms with Gasteiger partial charge in [0.05, 0.1) is 56.9 Å². The van der Waals surface area contributed by atoms with Gasteiger partial charge < -0.3 is 114 Å². The molecule has 2 bridgehead atoms. The van der Waals surface area contributed by atoms with Crippen LogP contribution in [0.4, 0.5) is 0 Å². The van der Waals surface area contributed by atoms with E-state index in [-0.39, 0.29) is 51.4 Å². The Morgan fingerprint density at radius 1 is 0.519 bits per heavy atom. The van der Waals surface area contributed by atoms with Gasteiger partial charge in [-0.05, 0) is 86.4 Å². The molecule has 10 aliphatic rings. The van der Waals surface area contributed by atoms with Crippen LogP contribution in [0.3, 0.4) is 0 Å². The molecule has 0 aromatic carbocycles. The molecular formula is C54H88O23. The Morgan fingerprint density at radius 2 is 1.08 bits per heavy atom. The van der Waals surface area contributed by atoms with Crippen molar-refractivity contribution in [2.24, 2.45) is 50.2 Å². The summed E-state index contributed by atoms with van der Waals surface area (Å²) in [5, 5.41) is 155. The SMILES string of the molecule is CC1OC(OC2CCC3(C)C(CCC4(C)C3C=CC35OCC6(CCC(C)(C)CC63)C(O)CC45C)C2(C)CO)C(O)C(OC2OC(CO)C(O)C(OC3OC(CO)C(O)C(O)C3OC3OC(CO)C(O)C(O)C3O)C2O)C1O. The molecule has 442 valence electrons. The molecule has 0 amide bonds. The van der Waals surface area contributed by atoms with Crippen LogP contribution in [-0.4, -0.2) is 245 Å². The van der Waals surface area contributed by atoms with E-state index < -0.39 is 166 Å². The lowest BCUT2D eigenvalue weighted by atomic mass is 9.32. The average Bonchev–Trinajstić information content (AvgIpc) is 3.34. The summed E-state index contributed by atoms with van der Waals surface area (Å²) in [6.45, 7) is 13.0. The number of rotatable bonds is 12. The van der Waals surface area contributed by atoms with Gasteiger partial charge >= 0.3 is 0 Å². The van der Waals surface area contributed by atoms with Crippen LogP contribution >= 0.6 is 0 Å². The van der Waals surface area contributed by atoms with Crippen LogP contribution in [0.2, 0.25) is 0 Å². The number of hydrogen-bond donors (Lipinski definition) is 14. The van der Waals surface area contributed by atoms with Crippen molar-refractivity contribution in [3.8, 4) is 0 Å². The number of hydrogen-bond acceptors (Lipinski definition) is 23. The molecule has 23 nitrogen and oxygen atoms in total. The Hall–Kier alpha value is -1.18. The summed E-state index contributed by atoms with van der Waals surface area (Å²) in [5.74, 6) is 0.180. The normalized spacial score (nSPS) is 58.1. The first-order valence-corrected chi connectivity index (χ1v) is 28.0. The maximum Gasteiger partial charge on any atom is 0.187 e. The third-order valence-corrected chi connectivity index (χ3v) is 22.2. The minimum absolute atomic E-state index is 0.0652. The number of fused-ring (bicyclic) bond motifs is 4. The molecule has 31 unspecified atom stereocenters. The van der Waals surface area contributed by atoms with E-state index in [1.165, 1.54) is 6.92 Å². The molecule has 0 aromatic heterocycles. The van der Waals surface area contributed by atoms with Crippen molar-refractivity contribution in [1.82, 2.24) is 0 Å². The lowest BCUT2D eigenvalue weighted by molar-refractivity contribution is -0.397. The lowest BCUT2D eigenvalue weighted by Gasteiger charge is -2.73. The lowest BCUT2D eigenvalue weighted by Crippen LogP contribution is -2.72. The van der Waals surface area contributed by atoms with Crippen molar-refractivity contribution < 1.29 is 114 Å². The maximum atomic E-state index is 12.3. The minimum Gasteiger partial charge on any atom is -0.396 e. The largest absolute Gasteiger partial charge is 0.396 e. The number of allylic oxidation sites excluding steroid dienone is 1. The molecule has 0 radical (unpaired) electrons. The molecule has 31 atom stereocenters. The van der Waals surface area contributed by atoms with Gasteiger partial charge in [-0.25, -0.2) is 0 Å². The first-order valence-electron chi connectivity index (χ1n) is 28.0. The molecule has 5 saturated heterocycles. The van der Waals surface area contributed by atoms with Crippen molar-refractivity contribution in [3.05, 3.63) is 12.2 Å². The van der Waals surface area contributed by atoms with Crippen molar-refractivity contribution in [2.75, 3.05) is 33.0 Å². The highest BCUT2D eigenvalue weighted by atomic mass is 16.8. The van der Waals surface area contributed by atoms with Gasteiger partial charge in [0.2, 0.25) is 0 Å². The summed E-state index contributed by atoms with van der Waals surface area (Å²) >= 11 is 0. The smallest absolute Gasteiger partial charge is 0.187 e. The third kappa shape index (κ3) is 8.84. The molecular weight excluding hydrogens is 1020 g/mol. The molecule has 5 heterocycles. The predicted molar refractivity (Wildman–Crippen MR) is 262 cm³/mol. The molecule has 1 spiro atoms. The second-order valence-corrected chi connectivity index (χ2v) is 26.6. The highest BCUT2D eigenvalue weighted by molar-refractivity contribution is 5.36. The van der Waals surface area contributed by atoms with Gasteiger partial charge in [-0.3, -0.25) is 0 Å². The Bertz CT molecular complexity index is 2120. The first-order chi connectivity index (χ1) is 36.2. The van der Waals surface area contributed by atoms with Crippen LogP contribution < -0.4 is 0 Å². The molecule has 77 heavy (non-hydrogen) atoms. The van der Waals surface area contributed by atoms with E-state index in [9.17, 15) is 71.5 Å². The molecule has 10 rings (SSSR count). The zero-order valence-electron chi connectivity index (χ0n) is 45.2. The van der Waals surface area contributed by atoms with Crippen LogP contribution in [0.5, 0.6) is 0 Å². The number of ether oxygens (including phenoxy) is 9. The second kappa shape index (κ2) is 20.9. The van der Waals surface area contributed by atoms with Crippen molar-refractivity contribution in [2.45, 2.75) is 240 Å². The maximum absolute atomic E-state index is 12.3. The summed E-state index contributed by atoms with van der Waals surface area (Å²) < 4.78 is 55.0. The summed E-state index contributed by atoms with van der Waals surface area (Å²) in [6, 6.07) is 0. The van der Waals surface area contributed by atoms with Gasteiger partial charge in [0.1, 0.15) is 91.6 Å². The zero-order valence-corrected chi connectivity index (χ0v) is 45.2. The predicted octanol–water partition coefficient (Wildman–Crippen LogP) is -2.57. The Balaban J connectivity index is 0.861. The van der Waals surface area contributed by atoms with Crippen LogP contribution in [-0.2, 0) is 42.6 Å². The van der Waals surface area contributed by atoms with Crippen LogP contribution in [0, 0.1) is 50.2 Å². The monoisotopic (exact) mass is 1100 g/mol. The molecule has 5 aliphatic heterocycles. The molecule has 9 fully saturated rings. The van der Waals surface area contributed by atoms with E-state index in [0.717, 1.165) is 32.1 Å². The first kappa shape index (κ1) is 59.0. The third-order valence-electron chi connectivity index (χ3n) is 22.2. The van der Waals surface area contributed by atoms with Gasteiger partial charge in [0.25, 0.3) is 0 Å². The molecule has 4 saturated carbocycles. The zero-order chi connectivity index (χ0) is 55.9. The van der Waals surface area contributed by atoms with E-state index in [0.29, 0.717) is 25.9 Å². The van der Waals surface area contributed by atoms with Gasteiger partial charge in [-0.2, -0.15) is 0 Å². The van der Waals surface area contributed by atoms with Gasteiger partial charge in [0, 0.05) is 22.2 Å². The number of aliphatic hydroxyl groups is 14. The van der Waals surface area contributed by atoms with Crippen molar-refractivity contribution in [1.29, 1.82) is 0 Å². The van der Waals surface area contributed by atoms with Crippen LogP contribution in [0.15, 0.2) is 12.2 Å². The fraction of sp³-hybridized carbons (Fsp3) is 0.963. The van der Waals surface area contributed by atoms with Crippen molar-refractivity contribution in [3.63, 3.8) is 0 Å². The topological polar surface area (TPSA) is 366 Å². The quantitative estimate of drug-likeness (QED) is 0.0705. The average molecular weight is 1110 g/mol. The van der Waals surface area contributed by atoms with Crippen molar-refractivity contribution >= 4 is 0 Å². The van der Waals surface area contributed by atoms with E-state index in [1.807, 2.05) is 6.92 Å². The summed E-state index contributed by atoms with van der Waals surface area (Å²) in [4.78, 5) is 0. The summed E-state index contributed by atoms with van der Waals surface area (Å²) in [5.41, 5.74) is -2.50. The van der Waals surface area contributed by atoms with Gasteiger partial charge in [-0.1, -0.05) is 53.7 Å². The van der Waals surface area contributed by atoms with Gasteiger partial charge in [0.15, 0.2) is 25.2 Å².